The maximum atomic E-state index is 4.62. The zero-order chi connectivity index (χ0) is 30.0. The third-order valence-corrected chi connectivity index (χ3v) is 9.24. The molecule has 0 saturated carbocycles. The summed E-state index contributed by atoms with van der Waals surface area (Å²) in [5, 5.41) is 5.89. The van der Waals surface area contributed by atoms with Crippen LogP contribution in [0.15, 0.2) is 109 Å². The molecule has 6 nitrogen and oxygen atoms in total. The van der Waals surface area contributed by atoms with Crippen LogP contribution in [0.2, 0.25) is 0 Å². The number of fused-ring (bicyclic) bond motifs is 12. The van der Waals surface area contributed by atoms with Crippen LogP contribution in [0.1, 0.15) is 33.9 Å². The van der Waals surface area contributed by atoms with E-state index in [2.05, 4.69) is 108 Å². The first kappa shape index (κ1) is 32.2. The van der Waals surface area contributed by atoms with Crippen LogP contribution in [-0.4, -0.2) is 40.5 Å². The Morgan fingerprint density at radius 1 is 0.553 bits per heavy atom. The van der Waals surface area contributed by atoms with Gasteiger partial charge in [-0.15, -0.1) is 16.4 Å². The van der Waals surface area contributed by atoms with Crippen LogP contribution >= 0.6 is 22.9 Å². The number of benzene rings is 2. The van der Waals surface area contributed by atoms with Crippen LogP contribution in [0.25, 0.3) is 67.0 Å². The molecule has 47 heavy (non-hydrogen) atoms. The van der Waals surface area contributed by atoms with Crippen molar-refractivity contribution in [1.82, 2.24) is 29.5 Å². The van der Waals surface area contributed by atoms with Gasteiger partial charge in [-0.2, -0.15) is 0 Å². The predicted molar refractivity (Wildman–Crippen MR) is 195 cm³/mol. The standard InChI is InChI=1S/C20H14N4.C13H10.C4H2N2S2.Fe.Si/c1-2-14-10-16-5-6-18(23-16)12-20-8-7-19(24-20)11-17-4-3-15(22-17)9-13(1)21-14;1-3-7-12-10(5-1)9-11-6-2-4-8-13(11)12;1-2-7-4-3(1)8-6-5-4;;/h1-12,21-22H;1-8H,9H2;1-2H;;. The van der Waals surface area contributed by atoms with Crippen molar-refractivity contribution in [3.8, 4) is 11.1 Å². The SMILES string of the molecule is C1=Cc2cc3ccc(cc4ccc(cc5nc(cc1n2)C=C5)[nH]4)[nH]3.[Fe].[Si].c1cc2snnc2s1.c1ccc2c(c1)Cc1ccccc1-2. The van der Waals surface area contributed by atoms with Gasteiger partial charge in [-0.1, -0.05) is 53.0 Å². The van der Waals surface area contributed by atoms with Gasteiger partial charge in [0.25, 0.3) is 0 Å². The van der Waals surface area contributed by atoms with Crippen molar-refractivity contribution in [3.63, 3.8) is 0 Å². The minimum Gasteiger partial charge on any atom is -0.355 e. The van der Waals surface area contributed by atoms with Gasteiger partial charge in [-0.05, 0) is 124 Å². The second-order valence-electron chi connectivity index (χ2n) is 10.8. The summed E-state index contributed by atoms with van der Waals surface area (Å²) in [6.45, 7) is 0. The van der Waals surface area contributed by atoms with Crippen LogP contribution in [0, 0.1) is 0 Å². The van der Waals surface area contributed by atoms with Gasteiger partial charge in [0.1, 0.15) is 0 Å². The Labute approximate surface area is 294 Å². The van der Waals surface area contributed by atoms with Gasteiger partial charge >= 0.3 is 0 Å². The van der Waals surface area contributed by atoms with Crippen LogP contribution in [0.4, 0.5) is 0 Å². The molecule has 228 valence electrons. The zero-order valence-electron chi connectivity index (χ0n) is 24.9. The summed E-state index contributed by atoms with van der Waals surface area (Å²) in [4.78, 5) is 17.1. The Morgan fingerprint density at radius 2 is 1.04 bits per heavy atom. The van der Waals surface area contributed by atoms with E-state index in [1.54, 1.807) is 11.3 Å². The number of thiophene rings is 1. The molecule has 0 spiro atoms. The molecule has 2 N–H and O–H groups in total. The smallest absolute Gasteiger partial charge is 0.158 e. The summed E-state index contributed by atoms with van der Waals surface area (Å²) in [5.41, 5.74) is 13.6. The third-order valence-electron chi connectivity index (χ3n) is 7.63. The number of nitrogens with zero attached hydrogens (tertiary/aromatic N) is 4. The first-order valence-electron chi connectivity index (χ1n) is 14.6. The molecule has 10 rings (SSSR count). The van der Waals surface area contributed by atoms with Crippen molar-refractivity contribution in [3.05, 3.63) is 142 Å². The normalized spacial score (nSPS) is 11.7. The molecule has 0 fully saturated rings. The zero-order valence-corrected chi connectivity index (χ0v) is 28.6. The van der Waals surface area contributed by atoms with Crippen LogP contribution in [-0.2, 0) is 23.5 Å². The molecule has 7 heterocycles. The molecule has 0 atom stereocenters. The largest absolute Gasteiger partial charge is 0.355 e. The van der Waals surface area contributed by atoms with Crippen molar-refractivity contribution in [1.29, 1.82) is 0 Å². The third kappa shape index (κ3) is 7.33. The molecule has 0 saturated heterocycles. The number of aromatic nitrogens is 6. The van der Waals surface area contributed by atoms with Crippen LogP contribution in [0.3, 0.4) is 0 Å². The first-order chi connectivity index (χ1) is 22.2. The fourth-order valence-electron chi connectivity index (χ4n) is 5.56. The van der Waals surface area contributed by atoms with E-state index in [9.17, 15) is 0 Å². The van der Waals surface area contributed by atoms with E-state index >= 15 is 0 Å². The molecular formula is C37H26FeN6S2Si. The summed E-state index contributed by atoms with van der Waals surface area (Å²) >= 11 is 3.07. The summed E-state index contributed by atoms with van der Waals surface area (Å²) in [7, 11) is 0. The Bertz CT molecular complexity index is 2220. The summed E-state index contributed by atoms with van der Waals surface area (Å²) in [6.07, 6.45) is 9.15. The number of hydrogen-bond donors (Lipinski definition) is 2. The molecule has 1 aliphatic carbocycles. The molecule has 5 aromatic heterocycles. The minimum absolute atomic E-state index is 0. The van der Waals surface area contributed by atoms with Gasteiger partial charge < -0.3 is 9.97 Å². The monoisotopic (exact) mass is 702 g/mol. The van der Waals surface area contributed by atoms with Crippen molar-refractivity contribution in [2.24, 2.45) is 0 Å². The van der Waals surface area contributed by atoms with E-state index in [4.69, 9.17) is 0 Å². The second kappa shape index (κ2) is 14.4. The van der Waals surface area contributed by atoms with Crippen LogP contribution in [0.5, 0.6) is 0 Å². The summed E-state index contributed by atoms with van der Waals surface area (Å²) < 4.78 is 4.95. The Hall–Kier alpha value is -4.70. The maximum absolute atomic E-state index is 4.62. The number of H-pyrrole nitrogens is 2. The molecule has 3 aliphatic rings. The number of rotatable bonds is 0. The molecule has 7 aromatic rings. The molecule has 10 heteroatoms. The van der Waals surface area contributed by atoms with Gasteiger partial charge in [0.05, 0.1) is 27.5 Å². The molecule has 2 aliphatic heterocycles. The molecule has 8 bridgehead atoms. The fourth-order valence-corrected chi connectivity index (χ4v) is 7.01. The fraction of sp³-hybridized carbons (Fsp3) is 0.0270. The average Bonchev–Trinajstić information content (AvgIpc) is 3.89. The summed E-state index contributed by atoms with van der Waals surface area (Å²) in [6, 6.07) is 35.7. The average molecular weight is 703 g/mol. The van der Waals surface area contributed by atoms with E-state index in [0.717, 1.165) is 56.1 Å². The van der Waals surface area contributed by atoms with E-state index < -0.39 is 0 Å². The Morgan fingerprint density at radius 3 is 1.57 bits per heavy atom. The Balaban J connectivity index is 0.000000140. The molecule has 0 amide bonds. The van der Waals surface area contributed by atoms with Gasteiger partial charge in [-0.25, -0.2) is 9.97 Å². The van der Waals surface area contributed by atoms with Crippen molar-refractivity contribution >= 4 is 89.7 Å². The number of aromatic amines is 2. The second-order valence-corrected chi connectivity index (χ2v) is 12.4. The van der Waals surface area contributed by atoms with E-state index in [1.165, 1.54) is 38.5 Å². The molecule has 0 unspecified atom stereocenters. The molecule has 4 radical (unpaired) electrons. The Kier molecular flexibility index (Phi) is 9.86. The topological polar surface area (TPSA) is 83.1 Å². The molecule has 2 aromatic carbocycles. The van der Waals surface area contributed by atoms with Crippen molar-refractivity contribution < 1.29 is 17.1 Å². The maximum Gasteiger partial charge on any atom is 0.158 e. The number of hydrogen-bond acceptors (Lipinski definition) is 6. The van der Waals surface area contributed by atoms with Gasteiger partial charge in [0.2, 0.25) is 0 Å². The van der Waals surface area contributed by atoms with Gasteiger partial charge in [0, 0.05) is 50.1 Å². The molecular weight excluding hydrogens is 677 g/mol. The van der Waals surface area contributed by atoms with Crippen molar-refractivity contribution in [2.45, 2.75) is 6.42 Å². The van der Waals surface area contributed by atoms with E-state index in [1.807, 2.05) is 53.9 Å². The minimum atomic E-state index is 0. The van der Waals surface area contributed by atoms with Crippen LogP contribution < -0.4 is 0 Å². The first-order valence-corrected chi connectivity index (χ1v) is 16.2. The van der Waals surface area contributed by atoms with Gasteiger partial charge in [0.15, 0.2) is 4.83 Å². The van der Waals surface area contributed by atoms with E-state index in [0.29, 0.717) is 0 Å². The quantitative estimate of drug-likeness (QED) is 0.154. The van der Waals surface area contributed by atoms with E-state index in [-0.39, 0.29) is 28.0 Å². The predicted octanol–water partition coefficient (Wildman–Crippen LogP) is 9.28. The van der Waals surface area contributed by atoms with Gasteiger partial charge in [-0.3, -0.25) is 0 Å². The number of nitrogens with one attached hydrogen (secondary N) is 2. The summed E-state index contributed by atoms with van der Waals surface area (Å²) in [5.74, 6) is 0. The van der Waals surface area contributed by atoms with Crippen molar-refractivity contribution in [2.75, 3.05) is 0 Å².